The zero-order chi connectivity index (χ0) is 23.4. The summed E-state index contributed by atoms with van der Waals surface area (Å²) in [5, 5.41) is 22.6. The summed E-state index contributed by atoms with van der Waals surface area (Å²) in [5.74, 6) is -0.541. The van der Waals surface area contributed by atoms with Gasteiger partial charge in [0.25, 0.3) is 0 Å². The Morgan fingerprint density at radius 2 is 2.00 bits per heavy atom. The molecule has 4 rings (SSSR count). The fourth-order valence-corrected chi connectivity index (χ4v) is 3.46. The van der Waals surface area contributed by atoms with E-state index < -0.39 is 17.2 Å². The molecule has 0 aliphatic carbocycles. The lowest BCUT2D eigenvalue weighted by Crippen LogP contribution is -2.34. The van der Waals surface area contributed by atoms with Crippen LogP contribution in [-0.4, -0.2) is 41.7 Å². The Hall–Kier alpha value is -3.76. The van der Waals surface area contributed by atoms with Crippen molar-refractivity contribution in [3.05, 3.63) is 90.3 Å². The summed E-state index contributed by atoms with van der Waals surface area (Å²) in [6, 6.07) is 10.0. The van der Waals surface area contributed by atoms with E-state index in [0.717, 1.165) is 17.7 Å². The number of nitrogens with one attached hydrogen (secondary N) is 1. The number of ether oxygens (including phenoxy) is 1. The molecule has 0 bridgehead atoms. The molecule has 2 heterocycles. The van der Waals surface area contributed by atoms with Crippen LogP contribution in [0, 0.1) is 11.6 Å². The second kappa shape index (κ2) is 9.39. The van der Waals surface area contributed by atoms with Crippen LogP contribution < -0.4 is 0 Å². The quantitative estimate of drug-likeness (QED) is 0.403. The van der Waals surface area contributed by atoms with Crippen molar-refractivity contribution in [2.75, 3.05) is 6.61 Å². The lowest BCUT2D eigenvalue weighted by Gasteiger charge is -2.31. The third-order valence-electron chi connectivity index (χ3n) is 5.20. The van der Waals surface area contributed by atoms with Crippen LogP contribution in [0.15, 0.2) is 61.7 Å². The summed E-state index contributed by atoms with van der Waals surface area (Å²) in [7, 11) is 0. The molecule has 1 unspecified atom stereocenters. The first-order chi connectivity index (χ1) is 15.9. The monoisotopic (exact) mass is 452 g/mol. The van der Waals surface area contributed by atoms with Gasteiger partial charge in [0.2, 0.25) is 0 Å². The molecule has 0 aliphatic heterocycles. The summed E-state index contributed by atoms with van der Waals surface area (Å²) in [5.41, 5.74) is -0.541. The lowest BCUT2D eigenvalue weighted by atomic mass is 9.82. The molecule has 2 N–H and O–H groups in total. The van der Waals surface area contributed by atoms with Crippen molar-refractivity contribution < 1.29 is 18.6 Å². The second-order valence-electron chi connectivity index (χ2n) is 7.38. The highest BCUT2D eigenvalue weighted by molar-refractivity contribution is 5.73. The number of halogens is 2. The van der Waals surface area contributed by atoms with Gasteiger partial charge in [-0.25, -0.2) is 23.4 Å². The number of benzene rings is 2. The summed E-state index contributed by atoms with van der Waals surface area (Å²) in [6.45, 7) is 6.66. The molecule has 10 heteroatoms. The van der Waals surface area contributed by atoms with Crippen molar-refractivity contribution in [2.24, 2.45) is 0 Å². The van der Waals surface area contributed by atoms with Crippen LogP contribution in [0.25, 0.3) is 17.0 Å². The highest BCUT2D eigenvalue weighted by Gasteiger charge is 2.37. The Bertz CT molecular complexity index is 1240. The van der Waals surface area contributed by atoms with E-state index in [9.17, 15) is 13.9 Å². The first-order valence-electron chi connectivity index (χ1n) is 10.2. The van der Waals surface area contributed by atoms with Crippen LogP contribution in [0.5, 0.6) is 0 Å². The SMILES string of the molecule is C=C(c1ccc(-c2n[nH]c(COCC)n2)cc1)C(O)(Cn1cncn1)c1ccc(F)cc1F. The molecule has 0 aliphatic rings. The third kappa shape index (κ3) is 4.71. The molecule has 8 nitrogen and oxygen atoms in total. The van der Waals surface area contributed by atoms with E-state index in [-0.39, 0.29) is 17.7 Å². The van der Waals surface area contributed by atoms with Crippen LogP contribution in [0.2, 0.25) is 0 Å². The smallest absolute Gasteiger partial charge is 0.181 e. The van der Waals surface area contributed by atoms with Crippen molar-refractivity contribution in [2.45, 2.75) is 25.7 Å². The summed E-state index contributed by atoms with van der Waals surface area (Å²) in [4.78, 5) is 8.26. The van der Waals surface area contributed by atoms with Gasteiger partial charge in [0.1, 0.15) is 36.5 Å². The molecule has 0 saturated carbocycles. The van der Waals surface area contributed by atoms with Crippen molar-refractivity contribution in [1.29, 1.82) is 0 Å². The van der Waals surface area contributed by atoms with Crippen molar-refractivity contribution in [1.82, 2.24) is 29.9 Å². The zero-order valence-corrected chi connectivity index (χ0v) is 17.9. The predicted octanol–water partition coefficient (Wildman–Crippen LogP) is 3.48. The maximum atomic E-state index is 14.7. The Labute approximate surface area is 188 Å². The number of hydrogen-bond acceptors (Lipinski definition) is 6. The van der Waals surface area contributed by atoms with Crippen molar-refractivity contribution in [3.63, 3.8) is 0 Å². The van der Waals surface area contributed by atoms with Gasteiger partial charge in [0.15, 0.2) is 11.6 Å². The van der Waals surface area contributed by atoms with Gasteiger partial charge in [-0.3, -0.25) is 5.10 Å². The summed E-state index contributed by atoms with van der Waals surface area (Å²) < 4.78 is 34.9. The van der Waals surface area contributed by atoms with E-state index in [2.05, 4.69) is 31.8 Å². The maximum absolute atomic E-state index is 14.7. The van der Waals surface area contributed by atoms with Crippen LogP contribution in [0.1, 0.15) is 23.9 Å². The second-order valence-corrected chi connectivity index (χ2v) is 7.38. The lowest BCUT2D eigenvalue weighted by molar-refractivity contribution is 0.0726. The predicted molar refractivity (Wildman–Crippen MR) is 116 cm³/mol. The number of rotatable bonds is 9. The Balaban J connectivity index is 1.65. The maximum Gasteiger partial charge on any atom is 0.181 e. The van der Waals surface area contributed by atoms with Gasteiger partial charge in [0.05, 0.1) is 6.54 Å². The number of aromatic amines is 1. The van der Waals surface area contributed by atoms with Crippen LogP contribution in [0.3, 0.4) is 0 Å². The van der Waals surface area contributed by atoms with Gasteiger partial charge in [-0.15, -0.1) is 0 Å². The van der Waals surface area contributed by atoms with Gasteiger partial charge in [0, 0.05) is 23.8 Å². The minimum absolute atomic E-state index is 0.122. The minimum Gasteiger partial charge on any atom is -0.378 e. The van der Waals surface area contributed by atoms with Crippen molar-refractivity contribution >= 4 is 5.57 Å². The van der Waals surface area contributed by atoms with E-state index in [1.54, 1.807) is 24.3 Å². The molecule has 0 saturated heterocycles. The van der Waals surface area contributed by atoms with E-state index in [0.29, 0.717) is 30.4 Å². The van der Waals surface area contributed by atoms with Gasteiger partial charge in [-0.2, -0.15) is 10.2 Å². The van der Waals surface area contributed by atoms with E-state index >= 15 is 0 Å². The van der Waals surface area contributed by atoms with Crippen LogP contribution in [0.4, 0.5) is 8.78 Å². The largest absolute Gasteiger partial charge is 0.378 e. The van der Waals surface area contributed by atoms with Gasteiger partial charge in [-0.1, -0.05) is 30.8 Å². The number of aromatic nitrogens is 6. The summed E-state index contributed by atoms with van der Waals surface area (Å²) >= 11 is 0. The highest BCUT2D eigenvalue weighted by Crippen LogP contribution is 2.38. The van der Waals surface area contributed by atoms with Crippen molar-refractivity contribution in [3.8, 4) is 11.4 Å². The first kappa shape index (κ1) is 22.4. The number of nitrogens with zero attached hydrogens (tertiary/aromatic N) is 5. The average molecular weight is 452 g/mol. The molecule has 170 valence electrons. The first-order valence-corrected chi connectivity index (χ1v) is 10.2. The molecule has 0 spiro atoms. The zero-order valence-electron chi connectivity index (χ0n) is 17.9. The van der Waals surface area contributed by atoms with E-state index in [1.807, 2.05) is 6.92 Å². The van der Waals surface area contributed by atoms with Gasteiger partial charge in [-0.05, 0) is 30.2 Å². The Morgan fingerprint density at radius 1 is 1.21 bits per heavy atom. The molecule has 2 aromatic heterocycles. The molecule has 0 fully saturated rings. The van der Waals surface area contributed by atoms with Gasteiger partial charge < -0.3 is 9.84 Å². The number of H-pyrrole nitrogens is 1. The molecular weight excluding hydrogens is 430 g/mol. The molecule has 2 aromatic carbocycles. The van der Waals surface area contributed by atoms with Gasteiger partial charge >= 0.3 is 0 Å². The Morgan fingerprint density at radius 3 is 2.67 bits per heavy atom. The standard InChI is InChI=1S/C23H22F2N6O2/c1-3-33-11-21-28-22(30-29-21)17-6-4-16(5-7-17)15(2)23(32,12-31-14-26-13-27-31)19-9-8-18(24)10-20(19)25/h4-10,13-14,32H,2-3,11-12H2,1H3,(H,28,29,30). The minimum atomic E-state index is -1.91. The molecule has 33 heavy (non-hydrogen) atoms. The topological polar surface area (TPSA) is 102 Å². The van der Waals surface area contributed by atoms with Crippen LogP contribution in [-0.2, 0) is 23.5 Å². The fourth-order valence-electron chi connectivity index (χ4n) is 3.46. The molecule has 0 amide bonds. The third-order valence-corrected chi connectivity index (χ3v) is 5.20. The fraction of sp³-hybridized carbons (Fsp3) is 0.217. The number of aliphatic hydroxyl groups is 1. The molecular formula is C23H22F2N6O2. The number of hydrogen-bond donors (Lipinski definition) is 2. The molecule has 0 radical (unpaired) electrons. The average Bonchev–Trinajstić information content (AvgIpc) is 3.49. The summed E-state index contributed by atoms with van der Waals surface area (Å²) in [6.07, 6.45) is 2.70. The molecule has 4 aromatic rings. The normalized spacial score (nSPS) is 13.1. The highest BCUT2D eigenvalue weighted by atomic mass is 19.1. The van der Waals surface area contributed by atoms with E-state index in [1.165, 1.54) is 23.4 Å². The van der Waals surface area contributed by atoms with E-state index in [4.69, 9.17) is 4.74 Å². The van der Waals surface area contributed by atoms with Crippen LogP contribution >= 0.6 is 0 Å². The molecule has 1 atom stereocenters. The Kier molecular flexibility index (Phi) is 6.38.